The highest BCUT2D eigenvalue weighted by molar-refractivity contribution is 5.44. The first-order valence-electron chi connectivity index (χ1n) is 6.11. The molecule has 0 saturated heterocycles. The molecule has 0 bridgehead atoms. The lowest BCUT2D eigenvalue weighted by Crippen LogP contribution is -2.12. The largest absolute Gasteiger partial charge is 0.497 e. The quantitative estimate of drug-likeness (QED) is 0.883. The average molecular weight is 279 g/mol. The number of benzene rings is 2. The van der Waals surface area contributed by atoms with Gasteiger partial charge in [-0.15, -0.1) is 0 Å². The van der Waals surface area contributed by atoms with Gasteiger partial charge >= 0.3 is 0 Å². The van der Waals surface area contributed by atoms with E-state index in [1.165, 1.54) is 6.07 Å². The number of ether oxygens (including phenoxy) is 1. The van der Waals surface area contributed by atoms with Gasteiger partial charge in [-0.2, -0.15) is 0 Å². The van der Waals surface area contributed by atoms with E-state index < -0.39 is 17.7 Å². The molecule has 0 radical (unpaired) electrons. The Kier molecular flexibility index (Phi) is 4.53. The average Bonchev–Trinajstić information content (AvgIpc) is 2.48. The second kappa shape index (κ2) is 6.34. The lowest BCUT2D eigenvalue weighted by molar-refractivity contribution is 0.191. The lowest BCUT2D eigenvalue weighted by Gasteiger charge is -2.14. The van der Waals surface area contributed by atoms with Crippen LogP contribution in [0.5, 0.6) is 5.75 Å². The van der Waals surface area contributed by atoms with Crippen LogP contribution in [0.2, 0.25) is 0 Å². The molecule has 0 heterocycles. The highest BCUT2D eigenvalue weighted by atomic mass is 19.2. The highest BCUT2D eigenvalue weighted by Gasteiger charge is 2.09. The zero-order chi connectivity index (χ0) is 14.5. The minimum atomic E-state index is -0.925. The van der Waals surface area contributed by atoms with Crippen molar-refractivity contribution < 1.29 is 18.6 Å². The molecule has 0 aliphatic carbocycles. The number of aliphatic hydroxyl groups excluding tert-OH is 1. The van der Waals surface area contributed by atoms with Gasteiger partial charge in [0.25, 0.3) is 0 Å². The number of hydrogen-bond donors (Lipinski definition) is 2. The summed E-state index contributed by atoms with van der Waals surface area (Å²) in [6.45, 7) is 0.179. The fourth-order valence-electron chi connectivity index (χ4n) is 1.79. The third-order valence-electron chi connectivity index (χ3n) is 2.90. The summed E-state index contributed by atoms with van der Waals surface area (Å²) in [6.07, 6.45) is -0.779. The molecular weight excluding hydrogens is 264 g/mol. The molecule has 0 saturated carbocycles. The molecule has 0 aromatic heterocycles. The first kappa shape index (κ1) is 14.3. The van der Waals surface area contributed by atoms with Crippen molar-refractivity contribution in [2.45, 2.75) is 6.10 Å². The third kappa shape index (κ3) is 3.45. The van der Waals surface area contributed by atoms with Crippen molar-refractivity contribution in [3.63, 3.8) is 0 Å². The van der Waals surface area contributed by atoms with Crippen molar-refractivity contribution >= 4 is 5.69 Å². The maximum atomic E-state index is 13.0. The van der Waals surface area contributed by atoms with Crippen molar-refractivity contribution in [2.24, 2.45) is 0 Å². The van der Waals surface area contributed by atoms with Crippen LogP contribution in [0, 0.1) is 11.6 Å². The molecule has 3 nitrogen and oxygen atoms in total. The summed E-state index contributed by atoms with van der Waals surface area (Å²) in [4.78, 5) is 0. The molecule has 106 valence electrons. The Morgan fingerprint density at radius 1 is 1.15 bits per heavy atom. The van der Waals surface area contributed by atoms with Gasteiger partial charge in [-0.3, -0.25) is 0 Å². The topological polar surface area (TPSA) is 41.5 Å². The van der Waals surface area contributed by atoms with Gasteiger partial charge in [0.1, 0.15) is 5.75 Å². The third-order valence-corrected chi connectivity index (χ3v) is 2.90. The smallest absolute Gasteiger partial charge is 0.160 e. The number of methoxy groups -OCH3 is 1. The summed E-state index contributed by atoms with van der Waals surface area (Å²) in [5.74, 6) is -1.18. The van der Waals surface area contributed by atoms with E-state index in [0.717, 1.165) is 12.1 Å². The number of aliphatic hydroxyl groups is 1. The van der Waals surface area contributed by atoms with E-state index in [0.29, 0.717) is 17.0 Å². The standard InChI is InChI=1S/C15H15F2NO2/c1-20-12-4-2-3-10(7-12)15(19)9-18-11-5-6-13(16)14(17)8-11/h2-8,15,18-19H,9H2,1H3. The summed E-state index contributed by atoms with van der Waals surface area (Å²) < 4.78 is 30.9. The molecule has 2 aromatic rings. The van der Waals surface area contributed by atoms with Crippen LogP contribution in [0.1, 0.15) is 11.7 Å². The van der Waals surface area contributed by atoms with E-state index in [-0.39, 0.29) is 6.54 Å². The Balaban J connectivity index is 2.00. The molecule has 0 fully saturated rings. The van der Waals surface area contributed by atoms with Gasteiger partial charge in [0, 0.05) is 18.3 Å². The second-order valence-corrected chi connectivity index (χ2v) is 4.30. The predicted octanol–water partition coefficient (Wildman–Crippen LogP) is 3.12. The fraction of sp³-hybridized carbons (Fsp3) is 0.200. The van der Waals surface area contributed by atoms with Crippen molar-refractivity contribution in [1.29, 1.82) is 0 Å². The van der Waals surface area contributed by atoms with Gasteiger partial charge in [-0.1, -0.05) is 12.1 Å². The van der Waals surface area contributed by atoms with Crippen molar-refractivity contribution in [3.05, 3.63) is 59.7 Å². The predicted molar refractivity (Wildman–Crippen MR) is 72.8 cm³/mol. The molecule has 0 aliphatic rings. The SMILES string of the molecule is COc1cccc(C(O)CNc2ccc(F)c(F)c2)c1. The lowest BCUT2D eigenvalue weighted by atomic mass is 10.1. The van der Waals surface area contributed by atoms with Gasteiger partial charge in [-0.25, -0.2) is 8.78 Å². The maximum Gasteiger partial charge on any atom is 0.160 e. The van der Waals surface area contributed by atoms with Crippen LogP contribution in [-0.4, -0.2) is 18.8 Å². The van der Waals surface area contributed by atoms with E-state index in [4.69, 9.17) is 4.74 Å². The minimum Gasteiger partial charge on any atom is -0.497 e. The van der Waals surface area contributed by atoms with Crippen molar-refractivity contribution in [3.8, 4) is 5.75 Å². The molecule has 2 aromatic carbocycles. The summed E-state index contributed by atoms with van der Waals surface area (Å²) >= 11 is 0. The number of hydrogen-bond acceptors (Lipinski definition) is 3. The summed E-state index contributed by atoms with van der Waals surface area (Å²) in [5, 5.41) is 12.9. The van der Waals surface area contributed by atoms with Gasteiger partial charge in [-0.05, 0) is 29.8 Å². The number of nitrogens with one attached hydrogen (secondary N) is 1. The first-order valence-corrected chi connectivity index (χ1v) is 6.11. The Hall–Kier alpha value is -2.14. The zero-order valence-electron chi connectivity index (χ0n) is 10.9. The Morgan fingerprint density at radius 2 is 1.95 bits per heavy atom. The maximum absolute atomic E-state index is 13.0. The molecule has 0 spiro atoms. The number of rotatable bonds is 5. The van der Waals surface area contributed by atoms with E-state index >= 15 is 0 Å². The van der Waals surface area contributed by atoms with E-state index in [2.05, 4.69) is 5.32 Å². The minimum absolute atomic E-state index is 0.179. The Labute approximate surface area is 115 Å². The second-order valence-electron chi connectivity index (χ2n) is 4.30. The van der Waals surface area contributed by atoms with Gasteiger partial charge < -0.3 is 15.2 Å². The first-order chi connectivity index (χ1) is 9.60. The Bertz CT molecular complexity index is 590. The molecule has 2 rings (SSSR count). The van der Waals surface area contributed by atoms with Gasteiger partial charge in [0.2, 0.25) is 0 Å². The molecule has 1 atom stereocenters. The number of halogens is 2. The van der Waals surface area contributed by atoms with Crippen LogP contribution in [-0.2, 0) is 0 Å². The molecule has 0 amide bonds. The normalized spacial score (nSPS) is 12.0. The van der Waals surface area contributed by atoms with Crippen molar-refractivity contribution in [1.82, 2.24) is 0 Å². The molecule has 1 unspecified atom stereocenters. The highest BCUT2D eigenvalue weighted by Crippen LogP contribution is 2.20. The molecule has 2 N–H and O–H groups in total. The van der Waals surface area contributed by atoms with Gasteiger partial charge in [0.05, 0.1) is 13.2 Å². The van der Waals surface area contributed by atoms with E-state index in [9.17, 15) is 13.9 Å². The van der Waals surface area contributed by atoms with Crippen molar-refractivity contribution in [2.75, 3.05) is 19.0 Å². The Morgan fingerprint density at radius 3 is 2.65 bits per heavy atom. The van der Waals surface area contributed by atoms with Crippen LogP contribution in [0.4, 0.5) is 14.5 Å². The monoisotopic (exact) mass is 279 g/mol. The molecule has 0 aliphatic heterocycles. The van der Waals surface area contributed by atoms with Gasteiger partial charge in [0.15, 0.2) is 11.6 Å². The van der Waals surface area contributed by atoms with Crippen LogP contribution >= 0.6 is 0 Å². The molecule has 20 heavy (non-hydrogen) atoms. The van der Waals surface area contributed by atoms with E-state index in [1.807, 2.05) is 0 Å². The molecule has 5 heteroatoms. The summed E-state index contributed by atoms with van der Waals surface area (Å²) in [6, 6.07) is 10.5. The fourth-order valence-corrected chi connectivity index (χ4v) is 1.79. The van der Waals surface area contributed by atoms with E-state index in [1.54, 1.807) is 31.4 Å². The number of anilines is 1. The van der Waals surface area contributed by atoms with Crippen LogP contribution in [0.3, 0.4) is 0 Å². The van der Waals surface area contributed by atoms with Crippen LogP contribution in [0.15, 0.2) is 42.5 Å². The van der Waals surface area contributed by atoms with Crippen LogP contribution < -0.4 is 10.1 Å². The summed E-state index contributed by atoms with van der Waals surface area (Å²) in [5.41, 5.74) is 1.09. The summed E-state index contributed by atoms with van der Waals surface area (Å²) in [7, 11) is 1.55. The zero-order valence-corrected chi connectivity index (χ0v) is 10.9. The van der Waals surface area contributed by atoms with Crippen LogP contribution in [0.25, 0.3) is 0 Å². The molecular formula is C15H15F2NO2.